The quantitative estimate of drug-likeness (QED) is 0.598. The fourth-order valence-corrected chi connectivity index (χ4v) is 2.67. The molecule has 5 nitrogen and oxygen atoms in total. The summed E-state index contributed by atoms with van der Waals surface area (Å²) in [5.41, 5.74) is 0. The molecule has 1 aromatic rings. The molecule has 1 aliphatic rings. The van der Waals surface area contributed by atoms with E-state index in [2.05, 4.69) is 34.0 Å². The number of anilines is 1. The van der Waals surface area contributed by atoms with E-state index >= 15 is 0 Å². The number of aromatic nitrogens is 2. The van der Waals surface area contributed by atoms with Crippen molar-refractivity contribution in [3.8, 4) is 0 Å². The van der Waals surface area contributed by atoms with Crippen molar-refractivity contribution in [2.45, 2.75) is 26.7 Å². The van der Waals surface area contributed by atoms with Gasteiger partial charge in [0.25, 0.3) is 0 Å². The molecule has 0 radical (unpaired) electrons. The molecule has 0 spiro atoms. The monoisotopic (exact) mass is 310 g/mol. The molecular formula is C15H26N4OS. The van der Waals surface area contributed by atoms with Gasteiger partial charge in [-0.15, -0.1) is 0 Å². The smallest absolute Gasteiger partial charge is 0.131 e. The van der Waals surface area contributed by atoms with Crippen LogP contribution in [0.5, 0.6) is 0 Å². The van der Waals surface area contributed by atoms with Crippen LogP contribution in [-0.2, 0) is 11.2 Å². The first-order valence-electron chi connectivity index (χ1n) is 7.77. The van der Waals surface area contributed by atoms with Crippen LogP contribution in [0.25, 0.3) is 0 Å². The molecule has 6 heteroatoms. The predicted molar refractivity (Wildman–Crippen MR) is 88.3 cm³/mol. The Balaban J connectivity index is 1.76. The van der Waals surface area contributed by atoms with Crippen molar-refractivity contribution < 1.29 is 4.74 Å². The van der Waals surface area contributed by atoms with E-state index in [0.717, 1.165) is 63.9 Å². The topological polar surface area (TPSA) is 53.2 Å². The first-order chi connectivity index (χ1) is 10.1. The van der Waals surface area contributed by atoms with Gasteiger partial charge in [-0.1, -0.05) is 26.1 Å². The number of hydrogen-bond donors (Lipinski definition) is 2. The summed E-state index contributed by atoms with van der Waals surface area (Å²) >= 11 is 5.23. The van der Waals surface area contributed by atoms with E-state index in [1.54, 1.807) is 0 Å². The number of ether oxygens (including phenoxy) is 1. The Kier molecular flexibility index (Phi) is 6.60. The van der Waals surface area contributed by atoms with Crippen LogP contribution in [0.1, 0.15) is 26.1 Å². The summed E-state index contributed by atoms with van der Waals surface area (Å²) in [5.74, 6) is 2.51. The average Bonchev–Trinajstić information content (AvgIpc) is 2.43. The molecule has 1 aromatic heterocycles. The second kappa shape index (κ2) is 8.46. The normalized spacial score (nSPS) is 16.3. The van der Waals surface area contributed by atoms with E-state index in [-0.39, 0.29) is 0 Å². The lowest BCUT2D eigenvalue weighted by Crippen LogP contribution is -2.37. The van der Waals surface area contributed by atoms with E-state index in [0.29, 0.717) is 10.6 Å². The van der Waals surface area contributed by atoms with Crippen molar-refractivity contribution >= 4 is 18.0 Å². The Morgan fingerprint density at radius 2 is 2.19 bits per heavy atom. The minimum absolute atomic E-state index is 0.569. The molecule has 2 heterocycles. The lowest BCUT2D eigenvalue weighted by Gasteiger charge is -2.26. The highest BCUT2D eigenvalue weighted by Crippen LogP contribution is 2.08. The van der Waals surface area contributed by atoms with E-state index in [9.17, 15) is 0 Å². The highest BCUT2D eigenvalue weighted by Gasteiger charge is 2.09. The van der Waals surface area contributed by atoms with Gasteiger partial charge in [0.15, 0.2) is 0 Å². The number of rotatable bonds is 7. The van der Waals surface area contributed by atoms with Gasteiger partial charge in [-0.2, -0.15) is 0 Å². The molecule has 0 bridgehead atoms. The lowest BCUT2D eigenvalue weighted by atomic mass is 10.1. The van der Waals surface area contributed by atoms with Crippen molar-refractivity contribution in [2.24, 2.45) is 5.92 Å². The zero-order valence-corrected chi connectivity index (χ0v) is 13.8. The number of aromatic amines is 1. The number of nitrogens with zero attached hydrogens (tertiary/aromatic N) is 2. The number of H-pyrrole nitrogens is 1. The fourth-order valence-electron chi connectivity index (χ4n) is 2.44. The van der Waals surface area contributed by atoms with Crippen LogP contribution in [0.15, 0.2) is 6.07 Å². The zero-order valence-electron chi connectivity index (χ0n) is 13.0. The largest absolute Gasteiger partial charge is 0.379 e. The van der Waals surface area contributed by atoms with Crippen molar-refractivity contribution in [3.05, 3.63) is 16.5 Å². The Hall–Kier alpha value is -0.980. The minimum atomic E-state index is 0.569. The Bertz CT molecular complexity index is 483. The van der Waals surface area contributed by atoms with Gasteiger partial charge >= 0.3 is 0 Å². The van der Waals surface area contributed by atoms with Crippen LogP contribution in [-0.4, -0.2) is 54.3 Å². The van der Waals surface area contributed by atoms with Gasteiger partial charge < -0.3 is 15.0 Å². The van der Waals surface area contributed by atoms with Crippen molar-refractivity contribution in [1.29, 1.82) is 0 Å². The van der Waals surface area contributed by atoms with Gasteiger partial charge in [-0.05, 0) is 18.9 Å². The molecule has 118 valence electrons. The highest BCUT2D eigenvalue weighted by molar-refractivity contribution is 7.71. The molecule has 2 N–H and O–H groups in total. The van der Waals surface area contributed by atoms with Crippen LogP contribution in [0, 0.1) is 10.6 Å². The van der Waals surface area contributed by atoms with Crippen molar-refractivity contribution in [3.63, 3.8) is 0 Å². The van der Waals surface area contributed by atoms with Crippen LogP contribution < -0.4 is 5.32 Å². The van der Waals surface area contributed by atoms with Crippen molar-refractivity contribution in [2.75, 3.05) is 44.7 Å². The minimum Gasteiger partial charge on any atom is -0.379 e. The summed E-state index contributed by atoms with van der Waals surface area (Å²) in [6.45, 7) is 10.2. The molecule has 1 saturated heterocycles. The molecule has 0 aromatic carbocycles. The second-order valence-electron chi connectivity index (χ2n) is 5.91. The summed E-state index contributed by atoms with van der Waals surface area (Å²) < 4.78 is 6.01. The molecular weight excluding hydrogens is 284 g/mol. The Morgan fingerprint density at radius 3 is 2.90 bits per heavy atom. The third-order valence-corrected chi connectivity index (χ3v) is 3.67. The zero-order chi connectivity index (χ0) is 15.1. The van der Waals surface area contributed by atoms with Crippen LogP contribution in [0.2, 0.25) is 0 Å². The third kappa shape index (κ3) is 6.11. The summed E-state index contributed by atoms with van der Waals surface area (Å²) in [6, 6.07) is 1.90. The molecule has 1 aliphatic heterocycles. The Morgan fingerprint density at radius 1 is 1.43 bits per heavy atom. The van der Waals surface area contributed by atoms with E-state index < -0.39 is 0 Å². The first-order valence-corrected chi connectivity index (χ1v) is 8.18. The van der Waals surface area contributed by atoms with Gasteiger partial charge in [0.2, 0.25) is 0 Å². The van der Waals surface area contributed by atoms with E-state index in [1.165, 1.54) is 0 Å². The lowest BCUT2D eigenvalue weighted by molar-refractivity contribution is 0.0378. The van der Waals surface area contributed by atoms with Gasteiger partial charge in [0.1, 0.15) is 16.3 Å². The van der Waals surface area contributed by atoms with Gasteiger partial charge in [-0.3, -0.25) is 4.90 Å². The van der Waals surface area contributed by atoms with Crippen LogP contribution in [0.3, 0.4) is 0 Å². The molecule has 0 aliphatic carbocycles. The van der Waals surface area contributed by atoms with Crippen LogP contribution >= 0.6 is 12.2 Å². The number of morpholine rings is 1. The number of hydrogen-bond acceptors (Lipinski definition) is 5. The molecule has 1 fully saturated rings. The molecule has 0 atom stereocenters. The van der Waals surface area contributed by atoms with Crippen LogP contribution in [0.4, 0.5) is 5.82 Å². The molecule has 0 unspecified atom stereocenters. The maximum Gasteiger partial charge on any atom is 0.131 e. The van der Waals surface area contributed by atoms with Gasteiger partial charge in [-0.25, -0.2) is 4.98 Å². The van der Waals surface area contributed by atoms with Crippen molar-refractivity contribution in [1.82, 2.24) is 14.9 Å². The standard InChI is InChI=1S/C15H26N4OS/c1-12(2)10-14-17-13(11-15(21)18-14)16-4-3-5-19-6-8-20-9-7-19/h11-12H,3-10H2,1-2H3,(H2,16,17,18,21). The summed E-state index contributed by atoms with van der Waals surface area (Å²) in [7, 11) is 0. The predicted octanol–water partition coefficient (Wildman–Crippen LogP) is 2.47. The summed E-state index contributed by atoms with van der Waals surface area (Å²) in [6.07, 6.45) is 2.04. The van der Waals surface area contributed by atoms with Gasteiger partial charge in [0.05, 0.1) is 13.2 Å². The first kappa shape index (κ1) is 16.4. The fraction of sp³-hybridized carbons (Fsp3) is 0.733. The van der Waals surface area contributed by atoms with Gasteiger partial charge in [0, 0.05) is 32.1 Å². The average molecular weight is 310 g/mol. The molecule has 21 heavy (non-hydrogen) atoms. The summed E-state index contributed by atoms with van der Waals surface area (Å²) in [4.78, 5) is 10.2. The molecule has 0 saturated carbocycles. The molecule has 2 rings (SSSR count). The number of nitrogens with one attached hydrogen (secondary N) is 2. The summed E-state index contributed by atoms with van der Waals surface area (Å²) in [5, 5.41) is 3.42. The maximum atomic E-state index is 5.35. The molecule has 0 amide bonds. The third-order valence-electron chi connectivity index (χ3n) is 3.46. The highest BCUT2D eigenvalue weighted by atomic mass is 32.1. The maximum absolute atomic E-state index is 5.35. The van der Waals surface area contributed by atoms with E-state index in [4.69, 9.17) is 17.0 Å². The second-order valence-corrected chi connectivity index (χ2v) is 6.33. The Labute approximate surface area is 132 Å². The SMILES string of the molecule is CC(C)Cc1nc(=S)cc(NCCCN2CCOCC2)[nH]1. The van der Waals surface area contributed by atoms with E-state index in [1.807, 2.05) is 6.07 Å².